The Hall–Kier alpha value is -1.71. The molecule has 0 fully saturated rings. The Labute approximate surface area is 114 Å². The molecule has 2 rings (SSSR count). The highest BCUT2D eigenvalue weighted by Crippen LogP contribution is 2.38. The molecule has 4 nitrogen and oxygen atoms in total. The molecule has 1 aliphatic rings. The number of carboxylic acid groups (broad SMARTS) is 1. The van der Waals surface area contributed by atoms with Crippen LogP contribution in [0.3, 0.4) is 0 Å². The number of fused-ring (bicyclic) bond motifs is 1. The van der Waals surface area contributed by atoms with E-state index in [-0.39, 0.29) is 6.10 Å². The first-order chi connectivity index (χ1) is 8.86. The summed E-state index contributed by atoms with van der Waals surface area (Å²) >= 11 is 0. The lowest BCUT2D eigenvalue weighted by molar-refractivity contribution is -0.142. The van der Waals surface area contributed by atoms with Crippen molar-refractivity contribution in [3.05, 3.63) is 23.8 Å². The van der Waals surface area contributed by atoms with Gasteiger partial charge in [-0.05, 0) is 44.9 Å². The van der Waals surface area contributed by atoms with Crippen molar-refractivity contribution < 1.29 is 14.6 Å². The third-order valence-corrected chi connectivity index (χ3v) is 3.69. The Kier molecular flexibility index (Phi) is 3.43. The van der Waals surface area contributed by atoms with Gasteiger partial charge >= 0.3 is 5.97 Å². The summed E-state index contributed by atoms with van der Waals surface area (Å²) < 4.78 is 5.80. The molecular formula is C15H21NO3. The van der Waals surface area contributed by atoms with Gasteiger partial charge in [0.25, 0.3) is 0 Å². The molecule has 0 saturated heterocycles. The molecule has 0 aromatic heterocycles. The number of ether oxygens (including phenoxy) is 1. The van der Waals surface area contributed by atoms with Gasteiger partial charge in [-0.2, -0.15) is 0 Å². The topological polar surface area (TPSA) is 49.8 Å². The molecule has 1 aromatic rings. The van der Waals surface area contributed by atoms with E-state index >= 15 is 0 Å². The Balaban J connectivity index is 2.50. The molecule has 0 radical (unpaired) electrons. The van der Waals surface area contributed by atoms with Crippen LogP contribution in [-0.2, 0) is 11.2 Å². The molecule has 0 spiro atoms. The molecule has 0 saturated carbocycles. The van der Waals surface area contributed by atoms with Crippen molar-refractivity contribution in [2.24, 2.45) is 0 Å². The van der Waals surface area contributed by atoms with Crippen molar-refractivity contribution >= 4 is 11.7 Å². The largest absolute Gasteiger partial charge is 0.487 e. The molecule has 19 heavy (non-hydrogen) atoms. The van der Waals surface area contributed by atoms with Crippen molar-refractivity contribution in [2.45, 2.75) is 45.8 Å². The van der Waals surface area contributed by atoms with Gasteiger partial charge in [-0.15, -0.1) is 0 Å². The van der Waals surface area contributed by atoms with Crippen LogP contribution >= 0.6 is 0 Å². The number of aryl methyl sites for hydroxylation is 1. The summed E-state index contributed by atoms with van der Waals surface area (Å²) in [5, 5.41) is 9.45. The van der Waals surface area contributed by atoms with Crippen molar-refractivity contribution in [1.29, 1.82) is 0 Å². The van der Waals surface area contributed by atoms with Gasteiger partial charge in [0.1, 0.15) is 17.4 Å². The predicted molar refractivity (Wildman–Crippen MR) is 75.0 cm³/mol. The minimum absolute atomic E-state index is 0.0152. The summed E-state index contributed by atoms with van der Waals surface area (Å²) in [4.78, 5) is 13.4. The molecule has 4 heteroatoms. The molecule has 0 aliphatic carbocycles. The maximum absolute atomic E-state index is 11.5. The van der Waals surface area contributed by atoms with Crippen LogP contribution in [0.5, 0.6) is 5.75 Å². The van der Waals surface area contributed by atoms with E-state index in [0.29, 0.717) is 6.54 Å². The smallest absolute Gasteiger partial charge is 0.328 e. The Morgan fingerprint density at radius 3 is 2.79 bits per heavy atom. The second-order valence-electron chi connectivity index (χ2n) is 5.56. The number of carboxylic acids is 1. The summed E-state index contributed by atoms with van der Waals surface area (Å²) in [6.07, 6.45) is 0.906. The fraction of sp³-hybridized carbons (Fsp3) is 0.533. The van der Waals surface area contributed by atoms with Crippen LogP contribution in [0.25, 0.3) is 0 Å². The fourth-order valence-electron chi connectivity index (χ4n) is 2.35. The summed E-state index contributed by atoms with van der Waals surface area (Å²) in [6, 6.07) is 6.00. The predicted octanol–water partition coefficient (Wildman–Crippen LogP) is 2.70. The molecule has 0 bridgehead atoms. The van der Waals surface area contributed by atoms with Crippen LogP contribution < -0.4 is 9.64 Å². The highest BCUT2D eigenvalue weighted by Gasteiger charge is 2.39. The summed E-state index contributed by atoms with van der Waals surface area (Å²) in [6.45, 7) is 8.09. The zero-order chi connectivity index (χ0) is 14.2. The van der Waals surface area contributed by atoms with Gasteiger partial charge in [0, 0.05) is 0 Å². The zero-order valence-corrected chi connectivity index (χ0v) is 11.9. The lowest BCUT2D eigenvalue weighted by atomic mass is 9.98. The number of hydrogen-bond acceptors (Lipinski definition) is 3. The minimum Gasteiger partial charge on any atom is -0.487 e. The van der Waals surface area contributed by atoms with Crippen LogP contribution in [0.4, 0.5) is 5.69 Å². The first-order valence-electron chi connectivity index (χ1n) is 6.67. The van der Waals surface area contributed by atoms with Crippen LogP contribution in [0, 0.1) is 0 Å². The van der Waals surface area contributed by atoms with E-state index in [0.717, 1.165) is 17.9 Å². The summed E-state index contributed by atoms with van der Waals surface area (Å²) in [7, 11) is 0. The zero-order valence-electron chi connectivity index (χ0n) is 11.9. The van der Waals surface area contributed by atoms with Gasteiger partial charge in [0.05, 0.1) is 12.2 Å². The number of benzene rings is 1. The Bertz CT molecular complexity index is 496. The second-order valence-corrected chi connectivity index (χ2v) is 5.56. The number of nitrogens with zero attached hydrogens (tertiary/aromatic N) is 1. The molecule has 1 unspecified atom stereocenters. The molecule has 1 aromatic carbocycles. The van der Waals surface area contributed by atoms with Gasteiger partial charge in [-0.25, -0.2) is 4.79 Å². The first-order valence-corrected chi connectivity index (χ1v) is 6.67. The Morgan fingerprint density at radius 2 is 2.21 bits per heavy atom. The van der Waals surface area contributed by atoms with E-state index in [2.05, 4.69) is 6.92 Å². The average Bonchev–Trinajstić information content (AvgIpc) is 2.36. The molecule has 0 amide bonds. The van der Waals surface area contributed by atoms with E-state index in [9.17, 15) is 9.90 Å². The maximum Gasteiger partial charge on any atom is 0.328 e. The SMILES string of the molecule is CCc1ccc2c(c1)N(C(C)(C)C(=O)O)CC(C)O2. The number of aliphatic carboxylic acids is 1. The second kappa shape index (κ2) is 4.76. The number of carbonyl (C=O) groups is 1. The third kappa shape index (κ3) is 2.39. The van der Waals surface area contributed by atoms with Crippen LogP contribution in [0.15, 0.2) is 18.2 Å². The van der Waals surface area contributed by atoms with E-state index in [1.54, 1.807) is 13.8 Å². The first kappa shape index (κ1) is 13.7. The van der Waals surface area contributed by atoms with Crippen LogP contribution in [0.2, 0.25) is 0 Å². The number of anilines is 1. The molecule has 1 heterocycles. The monoisotopic (exact) mass is 263 g/mol. The number of hydrogen-bond donors (Lipinski definition) is 1. The molecule has 1 N–H and O–H groups in total. The van der Waals surface area contributed by atoms with Gasteiger partial charge < -0.3 is 14.7 Å². The fourth-order valence-corrected chi connectivity index (χ4v) is 2.35. The quantitative estimate of drug-likeness (QED) is 0.911. The third-order valence-electron chi connectivity index (χ3n) is 3.69. The van der Waals surface area contributed by atoms with Crippen molar-refractivity contribution in [3.8, 4) is 5.75 Å². The van der Waals surface area contributed by atoms with Crippen molar-refractivity contribution in [3.63, 3.8) is 0 Å². The van der Waals surface area contributed by atoms with E-state index in [1.165, 1.54) is 5.56 Å². The average molecular weight is 263 g/mol. The number of rotatable bonds is 3. The summed E-state index contributed by atoms with van der Waals surface area (Å²) in [5.41, 5.74) is 1.12. The van der Waals surface area contributed by atoms with Crippen molar-refractivity contribution in [2.75, 3.05) is 11.4 Å². The summed E-state index contributed by atoms with van der Waals surface area (Å²) in [5.74, 6) is -0.0558. The van der Waals surface area contributed by atoms with Crippen molar-refractivity contribution in [1.82, 2.24) is 0 Å². The van der Waals surface area contributed by atoms with E-state index < -0.39 is 11.5 Å². The molecular weight excluding hydrogens is 242 g/mol. The standard InChI is InChI=1S/C15H21NO3/c1-5-11-6-7-13-12(8-11)16(9-10(2)19-13)15(3,4)14(17)18/h6-8,10H,5,9H2,1-4H3,(H,17,18). The molecule has 1 aliphatic heterocycles. The van der Waals surface area contributed by atoms with Crippen LogP contribution in [0.1, 0.15) is 33.3 Å². The normalized spacial score (nSPS) is 18.7. The maximum atomic E-state index is 11.5. The highest BCUT2D eigenvalue weighted by atomic mass is 16.5. The Morgan fingerprint density at radius 1 is 1.53 bits per heavy atom. The molecule has 1 atom stereocenters. The van der Waals surface area contributed by atoms with E-state index in [4.69, 9.17) is 4.74 Å². The van der Waals surface area contributed by atoms with Gasteiger partial charge in [0.15, 0.2) is 0 Å². The highest BCUT2D eigenvalue weighted by molar-refractivity contribution is 5.84. The van der Waals surface area contributed by atoms with E-state index in [1.807, 2.05) is 30.0 Å². The lowest BCUT2D eigenvalue weighted by Crippen LogP contribution is -2.55. The molecule has 104 valence electrons. The van der Waals surface area contributed by atoms with Gasteiger partial charge in [-0.3, -0.25) is 0 Å². The minimum atomic E-state index is -0.945. The van der Waals surface area contributed by atoms with Crippen LogP contribution in [-0.4, -0.2) is 29.3 Å². The lowest BCUT2D eigenvalue weighted by Gasteiger charge is -2.43. The van der Waals surface area contributed by atoms with Gasteiger partial charge in [-0.1, -0.05) is 13.0 Å². The van der Waals surface area contributed by atoms with Gasteiger partial charge in [0.2, 0.25) is 0 Å².